The molecule has 0 bridgehead atoms. The van der Waals surface area contributed by atoms with E-state index >= 15 is 0 Å². The van der Waals surface area contributed by atoms with Crippen LogP contribution in [0.3, 0.4) is 0 Å². The fourth-order valence-corrected chi connectivity index (χ4v) is 2.66. The molecule has 1 aliphatic rings. The van der Waals surface area contributed by atoms with Gasteiger partial charge in [0.1, 0.15) is 12.9 Å². The molecule has 3 rings (SSSR count). The highest BCUT2D eigenvalue weighted by atomic mass is 16.2. The van der Waals surface area contributed by atoms with Crippen LogP contribution in [0.4, 0.5) is 0 Å². The van der Waals surface area contributed by atoms with Gasteiger partial charge in [0.05, 0.1) is 0 Å². The number of hydrogen-bond acceptors (Lipinski definition) is 4. The first-order valence-electron chi connectivity index (χ1n) is 6.84. The van der Waals surface area contributed by atoms with Crippen molar-refractivity contribution in [3.63, 3.8) is 0 Å². The van der Waals surface area contributed by atoms with Gasteiger partial charge in [-0.1, -0.05) is 30.3 Å². The van der Waals surface area contributed by atoms with E-state index in [0.717, 1.165) is 25.9 Å². The zero-order valence-corrected chi connectivity index (χ0v) is 11.2. The fraction of sp³-hybridized carbons (Fsp3) is 0.429. The lowest BCUT2D eigenvalue weighted by Crippen LogP contribution is -2.32. The molecule has 0 aliphatic carbocycles. The molecule has 1 aliphatic heterocycles. The minimum Gasteiger partial charge on any atom is -0.341 e. The van der Waals surface area contributed by atoms with E-state index in [0.29, 0.717) is 5.92 Å². The molecule has 20 heavy (non-hydrogen) atoms. The van der Waals surface area contributed by atoms with Gasteiger partial charge in [-0.05, 0) is 34.7 Å². The van der Waals surface area contributed by atoms with Crippen molar-refractivity contribution < 1.29 is 4.79 Å². The molecule has 1 aromatic carbocycles. The van der Waals surface area contributed by atoms with E-state index in [9.17, 15) is 4.79 Å². The van der Waals surface area contributed by atoms with Gasteiger partial charge in [-0.15, -0.1) is 5.10 Å². The summed E-state index contributed by atoms with van der Waals surface area (Å²) < 4.78 is 1.47. The predicted molar refractivity (Wildman–Crippen MR) is 72.7 cm³/mol. The fourth-order valence-electron chi connectivity index (χ4n) is 2.66. The number of aromatic nitrogens is 4. The topological polar surface area (TPSA) is 63.9 Å². The highest BCUT2D eigenvalue weighted by Gasteiger charge is 2.26. The Morgan fingerprint density at radius 3 is 2.90 bits per heavy atom. The lowest BCUT2D eigenvalue weighted by Gasteiger charge is -2.16. The predicted octanol–water partition coefficient (Wildman–Crippen LogP) is 0.764. The second-order valence-corrected chi connectivity index (χ2v) is 5.19. The van der Waals surface area contributed by atoms with Crippen molar-refractivity contribution in [3.05, 3.63) is 42.2 Å². The van der Waals surface area contributed by atoms with Gasteiger partial charge in [-0.3, -0.25) is 4.79 Å². The molecule has 1 atom stereocenters. The SMILES string of the molecule is O=C(Cn1cnnn1)N1CCC(Cc2ccccc2)C1. The summed E-state index contributed by atoms with van der Waals surface area (Å²) in [5.41, 5.74) is 1.34. The average molecular weight is 271 g/mol. The number of benzene rings is 1. The minimum absolute atomic E-state index is 0.0906. The Kier molecular flexibility index (Phi) is 3.71. The van der Waals surface area contributed by atoms with Gasteiger partial charge in [0.2, 0.25) is 5.91 Å². The number of carbonyl (C=O) groups is 1. The zero-order valence-electron chi connectivity index (χ0n) is 11.2. The summed E-state index contributed by atoms with van der Waals surface area (Å²) in [7, 11) is 0. The third-order valence-electron chi connectivity index (χ3n) is 3.69. The highest BCUT2D eigenvalue weighted by Crippen LogP contribution is 2.21. The van der Waals surface area contributed by atoms with Gasteiger partial charge in [0.15, 0.2) is 0 Å². The van der Waals surface area contributed by atoms with Crippen molar-refractivity contribution in [2.24, 2.45) is 5.92 Å². The van der Waals surface area contributed by atoms with Crippen molar-refractivity contribution in [1.29, 1.82) is 0 Å². The average Bonchev–Trinajstić information content (AvgIpc) is 3.11. The van der Waals surface area contributed by atoms with Crippen LogP contribution < -0.4 is 0 Å². The Hall–Kier alpha value is -2.24. The van der Waals surface area contributed by atoms with Gasteiger partial charge in [0, 0.05) is 13.1 Å². The molecule has 0 spiro atoms. The van der Waals surface area contributed by atoms with E-state index in [1.807, 2.05) is 11.0 Å². The molecule has 1 unspecified atom stereocenters. The summed E-state index contributed by atoms with van der Waals surface area (Å²) in [5, 5.41) is 10.8. The lowest BCUT2D eigenvalue weighted by molar-refractivity contribution is -0.131. The van der Waals surface area contributed by atoms with Crippen LogP contribution in [0.1, 0.15) is 12.0 Å². The van der Waals surface area contributed by atoms with E-state index in [-0.39, 0.29) is 12.5 Å². The maximum absolute atomic E-state index is 12.1. The van der Waals surface area contributed by atoms with E-state index in [1.54, 1.807) is 0 Å². The van der Waals surface area contributed by atoms with Crippen LogP contribution in [-0.2, 0) is 17.8 Å². The summed E-state index contributed by atoms with van der Waals surface area (Å²) in [4.78, 5) is 14.0. The molecule has 6 heteroatoms. The molecule has 1 saturated heterocycles. The van der Waals surface area contributed by atoms with Crippen LogP contribution in [0.25, 0.3) is 0 Å². The highest BCUT2D eigenvalue weighted by molar-refractivity contribution is 5.76. The molecule has 1 aromatic heterocycles. The molecule has 2 heterocycles. The van der Waals surface area contributed by atoms with Crippen molar-refractivity contribution in [1.82, 2.24) is 25.1 Å². The zero-order chi connectivity index (χ0) is 13.8. The maximum Gasteiger partial charge on any atom is 0.244 e. The smallest absolute Gasteiger partial charge is 0.244 e. The van der Waals surface area contributed by atoms with E-state index in [1.165, 1.54) is 16.6 Å². The normalized spacial score (nSPS) is 18.4. The first-order valence-corrected chi connectivity index (χ1v) is 6.84. The van der Waals surface area contributed by atoms with Crippen LogP contribution >= 0.6 is 0 Å². The molecule has 0 saturated carbocycles. The van der Waals surface area contributed by atoms with Crippen molar-refractivity contribution >= 4 is 5.91 Å². The van der Waals surface area contributed by atoms with E-state index in [2.05, 4.69) is 39.8 Å². The van der Waals surface area contributed by atoms with E-state index in [4.69, 9.17) is 0 Å². The first-order chi connectivity index (χ1) is 9.81. The van der Waals surface area contributed by atoms with Crippen LogP contribution in [0.15, 0.2) is 36.7 Å². The number of amides is 1. The second kappa shape index (κ2) is 5.81. The monoisotopic (exact) mass is 271 g/mol. The quantitative estimate of drug-likeness (QED) is 0.823. The Morgan fingerprint density at radius 1 is 1.30 bits per heavy atom. The molecule has 1 fully saturated rings. The first kappa shape index (κ1) is 12.8. The summed E-state index contributed by atoms with van der Waals surface area (Å²) >= 11 is 0. The van der Waals surface area contributed by atoms with Crippen LogP contribution in [-0.4, -0.2) is 44.1 Å². The molecule has 6 nitrogen and oxygen atoms in total. The molecular formula is C14H17N5O. The molecular weight excluding hydrogens is 254 g/mol. The molecule has 2 aromatic rings. The van der Waals surface area contributed by atoms with Crippen LogP contribution in [0.2, 0.25) is 0 Å². The molecule has 1 amide bonds. The standard InChI is InChI=1S/C14H17N5O/c20-14(10-19-11-15-16-17-19)18-7-6-13(9-18)8-12-4-2-1-3-5-12/h1-5,11,13H,6-10H2. The Bertz CT molecular complexity index is 554. The van der Waals surface area contributed by atoms with Crippen molar-refractivity contribution in [2.75, 3.05) is 13.1 Å². The number of nitrogens with zero attached hydrogens (tertiary/aromatic N) is 5. The minimum atomic E-state index is 0.0906. The van der Waals surface area contributed by atoms with Crippen LogP contribution in [0, 0.1) is 5.92 Å². The number of likely N-dealkylation sites (tertiary alicyclic amines) is 1. The van der Waals surface area contributed by atoms with Crippen molar-refractivity contribution in [2.45, 2.75) is 19.4 Å². The molecule has 0 radical (unpaired) electrons. The number of hydrogen-bond donors (Lipinski definition) is 0. The summed E-state index contributed by atoms with van der Waals surface area (Å²) in [5.74, 6) is 0.642. The van der Waals surface area contributed by atoms with Gasteiger partial charge < -0.3 is 4.90 Å². The number of rotatable bonds is 4. The Balaban J connectivity index is 1.53. The van der Waals surface area contributed by atoms with E-state index < -0.39 is 0 Å². The van der Waals surface area contributed by atoms with Gasteiger partial charge >= 0.3 is 0 Å². The maximum atomic E-state index is 12.1. The summed E-state index contributed by atoms with van der Waals surface area (Å²) in [6.07, 6.45) is 3.57. The molecule has 0 N–H and O–H groups in total. The molecule has 104 valence electrons. The number of carbonyl (C=O) groups excluding carboxylic acids is 1. The largest absolute Gasteiger partial charge is 0.341 e. The number of tetrazole rings is 1. The Labute approximate surface area is 117 Å². The second-order valence-electron chi connectivity index (χ2n) is 5.19. The van der Waals surface area contributed by atoms with Gasteiger partial charge in [-0.2, -0.15) is 0 Å². The lowest BCUT2D eigenvalue weighted by atomic mass is 9.99. The van der Waals surface area contributed by atoms with Gasteiger partial charge in [0.25, 0.3) is 0 Å². The van der Waals surface area contributed by atoms with Crippen LogP contribution in [0.5, 0.6) is 0 Å². The third-order valence-corrected chi connectivity index (χ3v) is 3.69. The summed E-state index contributed by atoms with van der Waals surface area (Å²) in [6, 6.07) is 10.4. The summed E-state index contributed by atoms with van der Waals surface area (Å²) in [6.45, 7) is 1.89. The Morgan fingerprint density at radius 2 is 2.15 bits per heavy atom. The van der Waals surface area contributed by atoms with Gasteiger partial charge in [-0.25, -0.2) is 4.68 Å². The van der Waals surface area contributed by atoms with Crippen molar-refractivity contribution in [3.8, 4) is 0 Å². The third kappa shape index (κ3) is 3.01.